The fraction of sp³-hybridized carbons (Fsp3) is 0.174. The van der Waals surface area contributed by atoms with Gasteiger partial charge in [0.15, 0.2) is 5.69 Å². The topological polar surface area (TPSA) is 56.5 Å². The van der Waals surface area contributed by atoms with Gasteiger partial charge in [-0.1, -0.05) is 42.3 Å². The van der Waals surface area contributed by atoms with Crippen molar-refractivity contribution >= 4 is 17.4 Å². The number of nitrogens with zero attached hydrogens (tertiary/aromatic N) is 3. The summed E-state index contributed by atoms with van der Waals surface area (Å²) in [6, 6.07) is 9.79. The van der Waals surface area contributed by atoms with Gasteiger partial charge in [0.05, 0.1) is 36.1 Å². The number of aromatic nitrogens is 2. The highest BCUT2D eigenvalue weighted by atomic mass is 16.5. The average molecular weight is 369 g/mol. The van der Waals surface area contributed by atoms with E-state index in [9.17, 15) is 4.79 Å². The van der Waals surface area contributed by atoms with E-state index < -0.39 is 5.97 Å². The molecule has 138 valence electrons. The molecule has 5 heteroatoms. The maximum atomic E-state index is 12.4. The van der Waals surface area contributed by atoms with Gasteiger partial charge in [-0.05, 0) is 26.0 Å². The van der Waals surface area contributed by atoms with Crippen molar-refractivity contribution in [3.63, 3.8) is 0 Å². The molecular weight excluding hydrogens is 350 g/mol. The molecule has 0 spiro atoms. The zero-order valence-electron chi connectivity index (χ0n) is 15.7. The van der Waals surface area contributed by atoms with Crippen LogP contribution in [0.3, 0.4) is 0 Å². The standard InChI is InChI=1S/C23H19N3O2/c1-4-16-11-12-19-18(13-16)20(17-9-7-6-8-10-17)25-15(3)22-21(23(27)28-5-2)24-14-26(19)22/h1,6-14,19H,5H2,2-3H3. The van der Waals surface area contributed by atoms with Gasteiger partial charge in [0.25, 0.3) is 0 Å². The Morgan fingerprint density at radius 3 is 2.82 bits per heavy atom. The molecule has 0 amide bonds. The first-order chi connectivity index (χ1) is 13.6. The van der Waals surface area contributed by atoms with Crippen molar-refractivity contribution in [2.45, 2.75) is 19.9 Å². The van der Waals surface area contributed by atoms with Crippen molar-refractivity contribution < 1.29 is 9.53 Å². The Morgan fingerprint density at radius 2 is 2.11 bits per heavy atom. The summed E-state index contributed by atoms with van der Waals surface area (Å²) in [6.45, 7) is 3.95. The molecule has 5 nitrogen and oxygen atoms in total. The predicted octanol–water partition coefficient (Wildman–Crippen LogP) is 3.96. The van der Waals surface area contributed by atoms with Gasteiger partial charge in [0.2, 0.25) is 0 Å². The molecule has 4 rings (SSSR count). The molecule has 0 fully saturated rings. The van der Waals surface area contributed by atoms with Gasteiger partial charge >= 0.3 is 5.97 Å². The highest BCUT2D eigenvalue weighted by molar-refractivity contribution is 6.08. The predicted molar refractivity (Wildman–Crippen MR) is 109 cm³/mol. The zero-order valence-corrected chi connectivity index (χ0v) is 15.7. The maximum absolute atomic E-state index is 12.4. The third kappa shape index (κ3) is 2.89. The van der Waals surface area contributed by atoms with E-state index in [1.807, 2.05) is 60.1 Å². The van der Waals surface area contributed by atoms with Crippen molar-refractivity contribution in [3.05, 3.63) is 83.0 Å². The monoisotopic (exact) mass is 369 g/mol. The highest BCUT2D eigenvalue weighted by Crippen LogP contribution is 2.38. The Kier molecular flexibility index (Phi) is 4.54. The summed E-state index contributed by atoms with van der Waals surface area (Å²) in [7, 11) is 0. The number of imidazole rings is 1. The van der Waals surface area contributed by atoms with Crippen molar-refractivity contribution in [2.75, 3.05) is 6.61 Å². The fourth-order valence-corrected chi connectivity index (χ4v) is 3.53. The second-order valence-electron chi connectivity index (χ2n) is 6.48. The van der Waals surface area contributed by atoms with E-state index in [1.165, 1.54) is 0 Å². The van der Waals surface area contributed by atoms with Gasteiger partial charge in [-0.3, -0.25) is 4.99 Å². The van der Waals surface area contributed by atoms with E-state index in [-0.39, 0.29) is 18.3 Å². The summed E-state index contributed by atoms with van der Waals surface area (Å²) in [5.41, 5.74) is 5.20. The van der Waals surface area contributed by atoms with Gasteiger partial charge in [0.1, 0.15) is 0 Å². The first-order valence-electron chi connectivity index (χ1n) is 9.09. The Hall–Kier alpha value is -3.65. The molecule has 1 aliphatic carbocycles. The second-order valence-corrected chi connectivity index (χ2v) is 6.48. The van der Waals surface area contributed by atoms with Gasteiger partial charge in [-0.25, -0.2) is 9.78 Å². The van der Waals surface area contributed by atoms with Crippen LogP contribution in [0.4, 0.5) is 0 Å². The van der Waals surface area contributed by atoms with Crippen molar-refractivity contribution in [2.24, 2.45) is 4.99 Å². The van der Waals surface area contributed by atoms with Crippen LogP contribution in [0.1, 0.15) is 41.6 Å². The average Bonchev–Trinajstić information content (AvgIpc) is 3.13. The summed E-state index contributed by atoms with van der Waals surface area (Å²) < 4.78 is 7.14. The lowest BCUT2D eigenvalue weighted by Crippen LogP contribution is -2.17. The number of rotatable bonds is 3. The molecule has 0 radical (unpaired) electrons. The molecule has 2 heterocycles. The van der Waals surface area contributed by atoms with Crippen LogP contribution in [0.2, 0.25) is 0 Å². The molecule has 2 aliphatic rings. The van der Waals surface area contributed by atoms with Crippen molar-refractivity contribution in [3.8, 4) is 12.3 Å². The number of hydrogen-bond donors (Lipinski definition) is 0. The smallest absolute Gasteiger partial charge is 0.359 e. The normalized spacial score (nSPS) is 17.7. The number of aliphatic imine (C=N–C) groups is 1. The highest BCUT2D eigenvalue weighted by Gasteiger charge is 2.30. The number of ether oxygens (including phenoxy) is 1. The van der Waals surface area contributed by atoms with E-state index in [4.69, 9.17) is 16.2 Å². The van der Waals surface area contributed by atoms with Crippen LogP contribution in [0.25, 0.3) is 5.70 Å². The Labute approximate surface area is 163 Å². The number of terminal acetylenes is 1. The summed E-state index contributed by atoms with van der Waals surface area (Å²) in [4.78, 5) is 21.6. The molecule has 0 N–H and O–H groups in total. The zero-order chi connectivity index (χ0) is 19.7. The minimum absolute atomic E-state index is 0.167. The lowest BCUT2D eigenvalue weighted by molar-refractivity contribution is 0.0519. The number of carbonyl (C=O) groups is 1. The molecule has 1 atom stereocenters. The molecule has 1 unspecified atom stereocenters. The van der Waals surface area contributed by atoms with Crippen LogP contribution in [0.15, 0.2) is 71.0 Å². The van der Waals surface area contributed by atoms with E-state index in [2.05, 4.69) is 10.9 Å². The lowest BCUT2D eigenvalue weighted by atomic mass is 9.93. The first-order valence-corrected chi connectivity index (χ1v) is 9.09. The number of fused-ring (bicyclic) bond motifs is 3. The fourth-order valence-electron chi connectivity index (χ4n) is 3.53. The minimum Gasteiger partial charge on any atom is -0.461 e. The minimum atomic E-state index is -0.449. The van der Waals surface area contributed by atoms with E-state index in [0.717, 1.165) is 22.4 Å². The number of benzene rings is 1. The van der Waals surface area contributed by atoms with Crippen molar-refractivity contribution in [1.29, 1.82) is 0 Å². The largest absolute Gasteiger partial charge is 0.461 e. The van der Waals surface area contributed by atoms with Crippen LogP contribution in [0.5, 0.6) is 0 Å². The Balaban J connectivity index is 1.96. The molecule has 1 aromatic carbocycles. The molecule has 2 aromatic rings. The van der Waals surface area contributed by atoms with Crippen LogP contribution >= 0.6 is 0 Å². The van der Waals surface area contributed by atoms with Crippen LogP contribution in [0, 0.1) is 12.3 Å². The lowest BCUT2D eigenvalue weighted by Gasteiger charge is -2.21. The van der Waals surface area contributed by atoms with E-state index in [1.54, 1.807) is 13.3 Å². The maximum Gasteiger partial charge on any atom is 0.359 e. The summed E-state index contributed by atoms with van der Waals surface area (Å²) >= 11 is 0. The number of allylic oxidation sites excluding steroid dienone is 5. The van der Waals surface area contributed by atoms with Crippen LogP contribution in [-0.2, 0) is 4.74 Å². The van der Waals surface area contributed by atoms with E-state index in [0.29, 0.717) is 11.4 Å². The van der Waals surface area contributed by atoms with Crippen LogP contribution < -0.4 is 0 Å². The number of esters is 1. The van der Waals surface area contributed by atoms with Gasteiger partial charge in [0, 0.05) is 16.7 Å². The molecule has 1 aliphatic heterocycles. The molecule has 0 saturated carbocycles. The quantitative estimate of drug-likeness (QED) is 0.608. The first kappa shape index (κ1) is 17.7. The summed E-state index contributed by atoms with van der Waals surface area (Å²) in [5.74, 6) is 2.25. The van der Waals surface area contributed by atoms with Gasteiger partial charge < -0.3 is 9.30 Å². The third-order valence-corrected chi connectivity index (χ3v) is 4.76. The SMILES string of the molecule is C#CC1=CC2=C(c3ccccc3)N=C(C)c3c(C(=O)OCC)ncn3C2C=C1. The molecule has 0 bridgehead atoms. The van der Waals surface area contributed by atoms with Crippen molar-refractivity contribution in [1.82, 2.24) is 9.55 Å². The Morgan fingerprint density at radius 1 is 1.32 bits per heavy atom. The Bertz CT molecular complexity index is 1110. The van der Waals surface area contributed by atoms with Crippen LogP contribution in [-0.4, -0.2) is 27.8 Å². The number of carbonyl (C=O) groups excluding carboxylic acids is 1. The molecule has 1 aromatic heterocycles. The van der Waals surface area contributed by atoms with Gasteiger partial charge in [-0.15, -0.1) is 6.42 Å². The summed E-state index contributed by atoms with van der Waals surface area (Å²) in [5, 5.41) is 0. The molecule has 0 saturated heterocycles. The van der Waals surface area contributed by atoms with E-state index >= 15 is 0 Å². The summed E-state index contributed by atoms with van der Waals surface area (Å²) in [6.07, 6.45) is 13.2. The second kappa shape index (κ2) is 7.16. The molecule has 28 heavy (non-hydrogen) atoms. The number of hydrogen-bond acceptors (Lipinski definition) is 4. The van der Waals surface area contributed by atoms with Gasteiger partial charge in [-0.2, -0.15) is 0 Å². The molecular formula is C23H19N3O2. The third-order valence-electron chi connectivity index (χ3n) is 4.76.